The molecule has 0 radical (unpaired) electrons. The van der Waals surface area contributed by atoms with Crippen molar-refractivity contribution >= 4 is 51.5 Å². The number of fused-ring (bicyclic) bond motifs is 2. The zero-order valence-electron chi connectivity index (χ0n) is 20.1. The van der Waals surface area contributed by atoms with Gasteiger partial charge in [0.25, 0.3) is 0 Å². The number of hydrogen-bond donors (Lipinski definition) is 3. The molecule has 11 heteroatoms. The Hall–Kier alpha value is -4.30. The lowest BCUT2D eigenvalue weighted by Gasteiger charge is -2.29. The first-order chi connectivity index (χ1) is 18.3. The minimum Gasteiger partial charge on any atom is -0.369 e. The number of halogens is 1. The highest BCUT2D eigenvalue weighted by Gasteiger charge is 2.24. The molecule has 7 rings (SSSR count). The topological polar surface area (TPSA) is 122 Å². The largest absolute Gasteiger partial charge is 0.369 e. The fraction of sp³-hybridized carbons (Fsp3) is 0.148. The third kappa shape index (κ3) is 3.97. The fourth-order valence-electron chi connectivity index (χ4n) is 5.01. The van der Waals surface area contributed by atoms with Gasteiger partial charge in [-0.3, -0.25) is 5.10 Å². The number of piperazine rings is 1. The van der Waals surface area contributed by atoms with Crippen LogP contribution in [0.4, 0.5) is 5.69 Å². The first-order valence-corrected chi connectivity index (χ1v) is 12.9. The third-order valence-corrected chi connectivity index (χ3v) is 7.70. The maximum atomic E-state index is 10.5. The second kappa shape index (κ2) is 9.87. The van der Waals surface area contributed by atoms with Gasteiger partial charge in [0.15, 0.2) is 5.65 Å². The van der Waals surface area contributed by atoms with E-state index in [9.17, 15) is 5.26 Å². The van der Waals surface area contributed by atoms with Crippen LogP contribution in [-0.4, -0.2) is 56.8 Å². The summed E-state index contributed by atoms with van der Waals surface area (Å²) in [4.78, 5) is 8.30. The van der Waals surface area contributed by atoms with E-state index in [-0.39, 0.29) is 12.4 Å². The number of H-pyrrole nitrogens is 2. The van der Waals surface area contributed by atoms with Gasteiger partial charge in [-0.25, -0.2) is 4.98 Å². The monoisotopic (exact) mass is 539 g/mol. The third-order valence-electron chi connectivity index (χ3n) is 6.81. The van der Waals surface area contributed by atoms with Crippen LogP contribution in [0, 0.1) is 11.3 Å². The molecule has 0 amide bonds. The lowest BCUT2D eigenvalue weighted by atomic mass is 9.92. The van der Waals surface area contributed by atoms with Crippen molar-refractivity contribution in [2.24, 2.45) is 0 Å². The Morgan fingerprint density at radius 3 is 2.47 bits per heavy atom. The van der Waals surface area contributed by atoms with E-state index in [2.05, 4.69) is 66.2 Å². The summed E-state index contributed by atoms with van der Waals surface area (Å²) in [6.45, 7) is 3.90. The molecule has 0 saturated carbocycles. The Labute approximate surface area is 227 Å². The minimum atomic E-state index is 0. The van der Waals surface area contributed by atoms with Crippen LogP contribution in [0.3, 0.4) is 0 Å². The summed E-state index contributed by atoms with van der Waals surface area (Å²) < 4.78 is 0. The van der Waals surface area contributed by atoms with Crippen LogP contribution < -0.4 is 10.2 Å². The zero-order valence-corrected chi connectivity index (χ0v) is 21.7. The van der Waals surface area contributed by atoms with Crippen LogP contribution in [0.5, 0.6) is 0 Å². The highest BCUT2D eigenvalue weighted by Crippen LogP contribution is 2.41. The number of benzene rings is 2. The van der Waals surface area contributed by atoms with E-state index in [1.54, 1.807) is 11.3 Å². The van der Waals surface area contributed by atoms with Crippen molar-refractivity contribution in [3.8, 4) is 39.0 Å². The van der Waals surface area contributed by atoms with Crippen LogP contribution in [-0.2, 0) is 0 Å². The summed E-state index contributed by atoms with van der Waals surface area (Å²) in [5, 5.41) is 35.6. The number of aromatic nitrogens is 6. The molecule has 0 atom stereocenters. The van der Waals surface area contributed by atoms with E-state index in [1.165, 1.54) is 5.69 Å². The van der Waals surface area contributed by atoms with Gasteiger partial charge in [-0.2, -0.15) is 25.8 Å². The zero-order chi connectivity index (χ0) is 24.8. The average Bonchev–Trinajstić information content (AvgIpc) is 3.73. The van der Waals surface area contributed by atoms with Gasteiger partial charge in [0.2, 0.25) is 0 Å². The lowest BCUT2D eigenvalue weighted by molar-refractivity contribution is 0.589. The molecule has 1 saturated heterocycles. The van der Waals surface area contributed by atoms with Crippen molar-refractivity contribution < 1.29 is 0 Å². The Kier molecular flexibility index (Phi) is 6.25. The van der Waals surface area contributed by atoms with Crippen molar-refractivity contribution in [1.29, 1.82) is 5.26 Å². The quantitative estimate of drug-likeness (QED) is 0.288. The van der Waals surface area contributed by atoms with Gasteiger partial charge in [0.05, 0.1) is 27.2 Å². The molecule has 3 N–H and O–H groups in total. The summed E-state index contributed by atoms with van der Waals surface area (Å²) >= 11 is 1.62. The number of hydrogen-bond acceptors (Lipinski definition) is 8. The number of nitrogens with one attached hydrogen (secondary N) is 3. The minimum absolute atomic E-state index is 0. The van der Waals surface area contributed by atoms with Crippen LogP contribution in [0.1, 0.15) is 5.56 Å². The number of nitriles is 1. The first kappa shape index (κ1) is 24.1. The summed E-state index contributed by atoms with van der Waals surface area (Å²) in [6.07, 6.45) is 0. The Morgan fingerprint density at radius 2 is 1.71 bits per heavy atom. The van der Waals surface area contributed by atoms with Gasteiger partial charge in [-0.15, -0.1) is 23.7 Å². The standard InChI is InChI=1S/C27H21N9S.ClH/c28-15-19-23(16-3-6-18(7-4-16)36-11-9-29-10-12-36)24-26(22-2-1-13-37-22)33-34-27(24)30-25(19)17-5-8-20-21(14-17)32-35-31-20;/h1-8,13-14,29H,9-12H2,(H,30,33,34)(H,31,32,35);1H. The van der Waals surface area contributed by atoms with Crippen molar-refractivity contribution in [2.45, 2.75) is 0 Å². The summed E-state index contributed by atoms with van der Waals surface area (Å²) in [7, 11) is 0. The Morgan fingerprint density at radius 1 is 0.921 bits per heavy atom. The number of aromatic amines is 2. The number of anilines is 1. The predicted molar refractivity (Wildman–Crippen MR) is 153 cm³/mol. The van der Waals surface area contributed by atoms with Crippen LogP contribution in [0.25, 0.3) is 55.0 Å². The van der Waals surface area contributed by atoms with E-state index < -0.39 is 0 Å². The van der Waals surface area contributed by atoms with Gasteiger partial charge >= 0.3 is 0 Å². The number of pyridine rings is 1. The van der Waals surface area contributed by atoms with Crippen molar-refractivity contribution in [3.63, 3.8) is 0 Å². The maximum Gasteiger partial charge on any atom is 0.182 e. The van der Waals surface area contributed by atoms with Gasteiger partial charge in [0.1, 0.15) is 17.1 Å². The van der Waals surface area contributed by atoms with Crippen LogP contribution in [0.2, 0.25) is 0 Å². The molecule has 0 unspecified atom stereocenters. The molecule has 1 aliphatic rings. The number of rotatable bonds is 4. The molecular formula is C27H22ClN9S. The van der Waals surface area contributed by atoms with Gasteiger partial charge in [-0.05, 0) is 41.3 Å². The molecule has 188 valence electrons. The van der Waals surface area contributed by atoms with Crippen molar-refractivity contribution in [2.75, 3.05) is 31.1 Å². The molecule has 1 fully saturated rings. The number of nitrogens with zero attached hydrogens (tertiary/aromatic N) is 6. The smallest absolute Gasteiger partial charge is 0.182 e. The summed E-state index contributed by atoms with van der Waals surface area (Å²) in [5.74, 6) is 0. The molecule has 0 bridgehead atoms. The molecule has 38 heavy (non-hydrogen) atoms. The van der Waals surface area contributed by atoms with Gasteiger partial charge < -0.3 is 10.2 Å². The molecule has 6 aromatic rings. The number of thiophene rings is 1. The van der Waals surface area contributed by atoms with E-state index in [0.29, 0.717) is 22.4 Å². The van der Waals surface area contributed by atoms with Crippen molar-refractivity contribution in [1.82, 2.24) is 35.9 Å². The molecule has 5 heterocycles. The van der Waals surface area contributed by atoms with E-state index >= 15 is 0 Å². The van der Waals surface area contributed by atoms with E-state index in [0.717, 1.165) is 64.3 Å². The molecular weight excluding hydrogens is 518 g/mol. The fourth-order valence-corrected chi connectivity index (χ4v) is 5.74. The van der Waals surface area contributed by atoms with Crippen molar-refractivity contribution in [3.05, 3.63) is 65.5 Å². The second-order valence-corrected chi connectivity index (χ2v) is 9.86. The highest BCUT2D eigenvalue weighted by atomic mass is 35.5. The Balaban J connectivity index is 0.00000264. The second-order valence-electron chi connectivity index (χ2n) is 8.91. The average molecular weight is 540 g/mol. The van der Waals surface area contributed by atoms with E-state index in [1.807, 2.05) is 35.7 Å². The normalized spacial score (nSPS) is 13.5. The highest BCUT2D eigenvalue weighted by molar-refractivity contribution is 7.13. The maximum absolute atomic E-state index is 10.5. The molecule has 9 nitrogen and oxygen atoms in total. The van der Waals surface area contributed by atoms with E-state index in [4.69, 9.17) is 4.98 Å². The van der Waals surface area contributed by atoms with Gasteiger partial charge in [0, 0.05) is 43.0 Å². The SMILES string of the molecule is Cl.N#Cc1c(-c2ccc3n[nH]nc3c2)nc2n[nH]c(-c3cccs3)c2c1-c1ccc(N2CCNCC2)cc1. The molecule has 2 aromatic carbocycles. The van der Waals surface area contributed by atoms with Crippen LogP contribution >= 0.6 is 23.7 Å². The Bertz CT molecular complexity index is 1780. The molecule has 4 aromatic heterocycles. The molecule has 1 aliphatic heterocycles. The predicted octanol–water partition coefficient (Wildman–Crippen LogP) is 4.99. The molecule has 0 spiro atoms. The first-order valence-electron chi connectivity index (χ1n) is 12.0. The molecule has 0 aliphatic carbocycles. The van der Waals surface area contributed by atoms with Gasteiger partial charge in [-0.1, -0.05) is 24.3 Å². The summed E-state index contributed by atoms with van der Waals surface area (Å²) in [6, 6.07) is 20.7. The van der Waals surface area contributed by atoms with Crippen LogP contribution in [0.15, 0.2) is 60.0 Å². The lowest BCUT2D eigenvalue weighted by Crippen LogP contribution is -2.43. The summed E-state index contributed by atoms with van der Waals surface area (Å²) in [5.41, 5.74) is 7.73.